The molecule has 0 saturated carbocycles. The van der Waals surface area contributed by atoms with Crippen molar-refractivity contribution in [1.82, 2.24) is 0 Å². The van der Waals surface area contributed by atoms with Crippen LogP contribution in [0.1, 0.15) is 52.1 Å². The number of rotatable bonds is 9. The molecular weight excluding hydrogens is 496 g/mol. The topological polar surface area (TPSA) is 96.0 Å². The van der Waals surface area contributed by atoms with Crippen LogP contribution >= 0.6 is 0 Å². The molecule has 0 atom stereocenters. The lowest BCUT2D eigenvalue weighted by Gasteiger charge is -2.08. The molecule has 7 nitrogen and oxygen atoms in total. The molecule has 0 amide bonds. The highest BCUT2D eigenvalue weighted by molar-refractivity contribution is 5.95. The Labute approximate surface area is 226 Å². The van der Waals surface area contributed by atoms with E-state index in [1.165, 1.54) is 24.3 Å². The summed E-state index contributed by atoms with van der Waals surface area (Å²) in [6.45, 7) is 10.4. The van der Waals surface area contributed by atoms with E-state index in [2.05, 4.69) is 25.0 Å². The van der Waals surface area contributed by atoms with Crippen LogP contribution < -0.4 is 9.47 Å². The van der Waals surface area contributed by atoms with Gasteiger partial charge in [0, 0.05) is 11.1 Å². The standard InChI is InChI=1S/C32H26O7/c1-21(2)29(33)7-5-6-23-8-12-25(13-9-23)31(35)38-27-16-18-28(19-17-27)39-32(36)26-14-10-24(11-15-26)20-37-30(34)22(3)4/h8-19H,1,3,7,20H2,2,4H3. The van der Waals surface area contributed by atoms with Gasteiger partial charge < -0.3 is 14.2 Å². The summed E-state index contributed by atoms with van der Waals surface area (Å²) in [6, 6.07) is 19.0. The molecule has 0 radical (unpaired) electrons. The first-order chi connectivity index (χ1) is 18.6. The van der Waals surface area contributed by atoms with Gasteiger partial charge in [-0.2, -0.15) is 0 Å². The highest BCUT2D eigenvalue weighted by Gasteiger charge is 2.12. The van der Waals surface area contributed by atoms with Gasteiger partial charge in [0.25, 0.3) is 0 Å². The predicted octanol–water partition coefficient (Wildman–Crippen LogP) is 5.63. The van der Waals surface area contributed by atoms with Gasteiger partial charge in [-0.15, -0.1) is 0 Å². The molecule has 0 aliphatic heterocycles. The van der Waals surface area contributed by atoms with E-state index in [9.17, 15) is 19.2 Å². The van der Waals surface area contributed by atoms with E-state index in [0.29, 0.717) is 33.4 Å². The fourth-order valence-electron chi connectivity index (χ4n) is 2.98. The number of ether oxygens (including phenoxy) is 3. The molecule has 7 heteroatoms. The number of ketones is 1. The number of Topliss-reactive ketones (excluding diaryl/α,β-unsaturated/α-hetero) is 1. The minimum Gasteiger partial charge on any atom is -0.457 e. The Kier molecular flexibility index (Phi) is 9.71. The van der Waals surface area contributed by atoms with Gasteiger partial charge in [-0.1, -0.05) is 37.1 Å². The predicted molar refractivity (Wildman–Crippen MR) is 145 cm³/mol. The van der Waals surface area contributed by atoms with Crippen molar-refractivity contribution in [2.45, 2.75) is 26.9 Å². The van der Waals surface area contributed by atoms with E-state index in [-0.39, 0.29) is 30.3 Å². The average Bonchev–Trinajstić information content (AvgIpc) is 2.93. The summed E-state index contributed by atoms with van der Waals surface area (Å²) in [5.41, 5.74) is 2.78. The molecule has 0 unspecified atom stereocenters. The zero-order valence-corrected chi connectivity index (χ0v) is 21.6. The molecule has 196 valence electrons. The van der Waals surface area contributed by atoms with E-state index < -0.39 is 17.9 Å². The van der Waals surface area contributed by atoms with Crippen molar-refractivity contribution in [3.05, 3.63) is 119 Å². The van der Waals surface area contributed by atoms with Crippen molar-refractivity contribution in [3.63, 3.8) is 0 Å². The summed E-state index contributed by atoms with van der Waals surface area (Å²) < 4.78 is 15.8. The number of allylic oxidation sites excluding steroid dienone is 1. The smallest absolute Gasteiger partial charge is 0.343 e. The number of carbonyl (C=O) groups is 4. The first kappa shape index (κ1) is 28.4. The maximum Gasteiger partial charge on any atom is 0.343 e. The van der Waals surface area contributed by atoms with Crippen molar-refractivity contribution in [3.8, 4) is 23.3 Å². The van der Waals surface area contributed by atoms with Gasteiger partial charge in [-0.3, -0.25) is 4.79 Å². The van der Waals surface area contributed by atoms with Crippen LogP contribution in [0.25, 0.3) is 0 Å². The molecule has 0 bridgehead atoms. The summed E-state index contributed by atoms with van der Waals surface area (Å²) in [5.74, 6) is 4.46. The van der Waals surface area contributed by atoms with E-state index in [1.807, 2.05) is 0 Å². The Morgan fingerprint density at radius 3 is 1.64 bits per heavy atom. The minimum absolute atomic E-state index is 0.0669. The second-order valence-electron chi connectivity index (χ2n) is 8.56. The molecule has 0 fully saturated rings. The average molecular weight is 523 g/mol. The fraction of sp³-hybridized carbons (Fsp3) is 0.125. The highest BCUT2D eigenvalue weighted by atomic mass is 16.5. The van der Waals surface area contributed by atoms with Gasteiger partial charge in [0.1, 0.15) is 18.1 Å². The normalized spacial score (nSPS) is 9.90. The molecule has 3 aromatic rings. The van der Waals surface area contributed by atoms with Gasteiger partial charge >= 0.3 is 17.9 Å². The van der Waals surface area contributed by atoms with Crippen LogP contribution in [0, 0.1) is 11.8 Å². The minimum atomic E-state index is -0.572. The van der Waals surface area contributed by atoms with Crippen LogP contribution in [0.2, 0.25) is 0 Å². The van der Waals surface area contributed by atoms with Gasteiger partial charge in [-0.05, 0) is 85.6 Å². The number of hydrogen-bond acceptors (Lipinski definition) is 7. The largest absolute Gasteiger partial charge is 0.457 e. The van der Waals surface area contributed by atoms with E-state index >= 15 is 0 Å². The number of benzene rings is 3. The Hall–Kier alpha value is -5.22. The Morgan fingerprint density at radius 1 is 0.692 bits per heavy atom. The van der Waals surface area contributed by atoms with Crippen LogP contribution in [-0.2, 0) is 20.9 Å². The Balaban J connectivity index is 1.52. The molecule has 0 heterocycles. The van der Waals surface area contributed by atoms with Crippen LogP contribution in [0.15, 0.2) is 97.1 Å². The number of hydrogen-bond donors (Lipinski definition) is 0. The third kappa shape index (κ3) is 8.69. The molecule has 3 aromatic carbocycles. The van der Waals surface area contributed by atoms with E-state index in [0.717, 1.165) is 0 Å². The summed E-state index contributed by atoms with van der Waals surface area (Å²) in [4.78, 5) is 48.0. The summed E-state index contributed by atoms with van der Waals surface area (Å²) in [5, 5.41) is 0. The van der Waals surface area contributed by atoms with Crippen molar-refractivity contribution in [2.24, 2.45) is 0 Å². The highest BCUT2D eigenvalue weighted by Crippen LogP contribution is 2.20. The maximum atomic E-state index is 12.5. The first-order valence-electron chi connectivity index (χ1n) is 11.9. The zero-order valence-electron chi connectivity index (χ0n) is 21.6. The monoisotopic (exact) mass is 522 g/mol. The number of esters is 3. The lowest BCUT2D eigenvalue weighted by atomic mass is 10.1. The third-order valence-corrected chi connectivity index (χ3v) is 5.23. The van der Waals surface area contributed by atoms with Gasteiger partial charge in [0.05, 0.1) is 17.5 Å². The van der Waals surface area contributed by atoms with Crippen LogP contribution in [0.5, 0.6) is 11.5 Å². The quantitative estimate of drug-likeness (QED) is 0.156. The van der Waals surface area contributed by atoms with Crippen molar-refractivity contribution in [2.75, 3.05) is 0 Å². The fourth-order valence-corrected chi connectivity index (χ4v) is 2.98. The summed E-state index contributed by atoms with van der Waals surface area (Å²) in [6.07, 6.45) is 0.0888. The van der Waals surface area contributed by atoms with Gasteiger partial charge in [0.15, 0.2) is 5.78 Å². The van der Waals surface area contributed by atoms with Crippen LogP contribution in [0.3, 0.4) is 0 Å². The Morgan fingerprint density at radius 2 is 1.18 bits per heavy atom. The van der Waals surface area contributed by atoms with Crippen molar-refractivity contribution >= 4 is 23.7 Å². The zero-order chi connectivity index (χ0) is 28.4. The third-order valence-electron chi connectivity index (χ3n) is 5.23. The SMILES string of the molecule is C=C(C)C(=O)CC#Cc1ccc(C(=O)Oc2ccc(OC(=O)c3ccc(COC(=O)C(=C)C)cc3)cc2)cc1. The molecule has 0 aromatic heterocycles. The molecule has 0 spiro atoms. The molecule has 0 aliphatic rings. The summed E-state index contributed by atoms with van der Waals surface area (Å²) in [7, 11) is 0. The van der Waals surface area contributed by atoms with Crippen molar-refractivity contribution < 1.29 is 33.4 Å². The molecule has 3 rings (SSSR count). The molecule has 0 N–H and O–H groups in total. The molecule has 39 heavy (non-hydrogen) atoms. The van der Waals surface area contributed by atoms with E-state index in [4.69, 9.17) is 14.2 Å². The van der Waals surface area contributed by atoms with Crippen LogP contribution in [0.4, 0.5) is 0 Å². The maximum absolute atomic E-state index is 12.5. The van der Waals surface area contributed by atoms with Crippen molar-refractivity contribution in [1.29, 1.82) is 0 Å². The summed E-state index contributed by atoms with van der Waals surface area (Å²) >= 11 is 0. The number of carbonyl (C=O) groups excluding carboxylic acids is 4. The second-order valence-corrected chi connectivity index (χ2v) is 8.56. The molecular formula is C32H26O7. The molecule has 0 aliphatic carbocycles. The molecule has 0 saturated heterocycles. The van der Waals surface area contributed by atoms with E-state index in [1.54, 1.807) is 62.4 Å². The van der Waals surface area contributed by atoms with Gasteiger partial charge in [0.2, 0.25) is 0 Å². The van der Waals surface area contributed by atoms with Crippen LogP contribution in [-0.4, -0.2) is 23.7 Å². The second kappa shape index (κ2) is 13.4. The lowest BCUT2D eigenvalue weighted by Crippen LogP contribution is -2.10. The van der Waals surface area contributed by atoms with Gasteiger partial charge in [-0.25, -0.2) is 14.4 Å². The Bertz CT molecular complexity index is 1470. The lowest BCUT2D eigenvalue weighted by molar-refractivity contribution is -0.140. The first-order valence-corrected chi connectivity index (χ1v) is 11.9.